The number of rotatable bonds is 5. The van der Waals surface area contributed by atoms with Crippen LogP contribution in [0.2, 0.25) is 5.02 Å². The van der Waals surface area contributed by atoms with Gasteiger partial charge in [-0.05, 0) is 30.3 Å². The van der Waals surface area contributed by atoms with E-state index in [2.05, 4.69) is 16.4 Å². The number of nitrogens with one attached hydrogen (secondary N) is 1. The molecule has 2 rings (SSSR count). The minimum Gasteiger partial charge on any atom is -0.492 e. The lowest BCUT2D eigenvalue weighted by Crippen LogP contribution is -2.13. The van der Waals surface area contributed by atoms with Gasteiger partial charge in [0.1, 0.15) is 24.2 Å². The topological polar surface area (TPSA) is 57.9 Å². The number of nitrogens with zero attached hydrogens (tertiary/aromatic N) is 2. The van der Waals surface area contributed by atoms with Gasteiger partial charge in [-0.15, -0.1) is 0 Å². The van der Waals surface area contributed by atoms with Crippen LogP contribution in [0.25, 0.3) is 0 Å². The van der Waals surface area contributed by atoms with E-state index in [4.69, 9.17) is 21.6 Å². The molecule has 5 heteroatoms. The molecule has 0 aliphatic heterocycles. The maximum Gasteiger partial charge on any atom is 0.144 e. The van der Waals surface area contributed by atoms with Crippen molar-refractivity contribution in [2.24, 2.45) is 0 Å². The van der Waals surface area contributed by atoms with E-state index >= 15 is 0 Å². The summed E-state index contributed by atoms with van der Waals surface area (Å²) in [6.07, 6.45) is 1.64. The zero-order valence-corrected chi connectivity index (χ0v) is 10.9. The Labute approximate surface area is 116 Å². The Morgan fingerprint density at radius 2 is 2.21 bits per heavy atom. The van der Waals surface area contributed by atoms with Gasteiger partial charge in [-0.25, -0.2) is 4.98 Å². The number of anilines is 1. The fourth-order valence-electron chi connectivity index (χ4n) is 1.53. The monoisotopic (exact) mass is 273 g/mol. The fourth-order valence-corrected chi connectivity index (χ4v) is 1.71. The van der Waals surface area contributed by atoms with Crippen LogP contribution in [0.3, 0.4) is 0 Å². The quantitative estimate of drug-likeness (QED) is 0.851. The minimum atomic E-state index is 0.460. The Bertz CT molecular complexity index is 595. The van der Waals surface area contributed by atoms with Gasteiger partial charge in [-0.3, -0.25) is 0 Å². The third-order valence-corrected chi connectivity index (χ3v) is 2.62. The molecule has 0 atom stereocenters. The second kappa shape index (κ2) is 6.62. The van der Waals surface area contributed by atoms with Crippen molar-refractivity contribution in [1.29, 1.82) is 5.26 Å². The standard InChI is InChI=1S/C14H12ClN3O/c15-12-4-1-5-13(9-12)19-8-7-18-14-11(10-16)3-2-6-17-14/h1-6,9H,7-8H2,(H,17,18). The van der Waals surface area contributed by atoms with Crippen LogP contribution in [-0.2, 0) is 0 Å². The summed E-state index contributed by atoms with van der Waals surface area (Å²) in [4.78, 5) is 4.10. The summed E-state index contributed by atoms with van der Waals surface area (Å²) in [5.41, 5.74) is 0.519. The summed E-state index contributed by atoms with van der Waals surface area (Å²) >= 11 is 5.85. The number of halogens is 1. The van der Waals surface area contributed by atoms with Gasteiger partial charge in [0.25, 0.3) is 0 Å². The van der Waals surface area contributed by atoms with Crippen LogP contribution in [0.5, 0.6) is 5.75 Å². The zero-order chi connectivity index (χ0) is 13.5. The van der Waals surface area contributed by atoms with Crippen molar-refractivity contribution in [3.05, 3.63) is 53.2 Å². The first-order valence-electron chi connectivity index (χ1n) is 5.77. The summed E-state index contributed by atoms with van der Waals surface area (Å²) in [7, 11) is 0. The van der Waals surface area contributed by atoms with Crippen molar-refractivity contribution in [3.8, 4) is 11.8 Å². The maximum absolute atomic E-state index is 8.91. The lowest BCUT2D eigenvalue weighted by Gasteiger charge is -2.08. The molecule has 0 unspecified atom stereocenters. The number of pyridine rings is 1. The molecule has 0 bridgehead atoms. The van der Waals surface area contributed by atoms with Gasteiger partial charge in [0.05, 0.1) is 12.1 Å². The lowest BCUT2D eigenvalue weighted by molar-refractivity contribution is 0.333. The summed E-state index contributed by atoms with van der Waals surface area (Å²) in [5.74, 6) is 1.29. The second-order valence-electron chi connectivity index (χ2n) is 3.74. The van der Waals surface area contributed by atoms with E-state index in [1.807, 2.05) is 12.1 Å². The van der Waals surface area contributed by atoms with Crippen molar-refractivity contribution < 1.29 is 4.74 Å². The Kier molecular flexibility index (Phi) is 4.60. The van der Waals surface area contributed by atoms with E-state index in [9.17, 15) is 0 Å². The molecule has 2 aromatic rings. The lowest BCUT2D eigenvalue weighted by atomic mass is 10.3. The zero-order valence-electron chi connectivity index (χ0n) is 10.1. The van der Waals surface area contributed by atoms with Crippen LogP contribution in [0, 0.1) is 11.3 Å². The number of benzene rings is 1. The predicted molar refractivity (Wildman–Crippen MR) is 74.4 cm³/mol. The number of aromatic nitrogens is 1. The summed E-state index contributed by atoms with van der Waals surface area (Å²) in [6, 6.07) is 12.7. The number of nitriles is 1. The molecule has 1 heterocycles. The molecule has 0 fully saturated rings. The third kappa shape index (κ3) is 3.87. The smallest absolute Gasteiger partial charge is 0.144 e. The molecule has 0 saturated heterocycles. The van der Waals surface area contributed by atoms with E-state index in [0.29, 0.717) is 29.6 Å². The van der Waals surface area contributed by atoms with E-state index < -0.39 is 0 Å². The minimum absolute atomic E-state index is 0.460. The van der Waals surface area contributed by atoms with Crippen LogP contribution in [0.4, 0.5) is 5.82 Å². The average Bonchev–Trinajstić information content (AvgIpc) is 2.44. The van der Waals surface area contributed by atoms with E-state index in [0.717, 1.165) is 5.75 Å². The van der Waals surface area contributed by atoms with Crippen LogP contribution < -0.4 is 10.1 Å². The van der Waals surface area contributed by atoms with Crippen molar-refractivity contribution in [2.45, 2.75) is 0 Å². The van der Waals surface area contributed by atoms with Crippen molar-refractivity contribution in [2.75, 3.05) is 18.5 Å². The SMILES string of the molecule is N#Cc1cccnc1NCCOc1cccc(Cl)c1. The van der Waals surface area contributed by atoms with Crippen molar-refractivity contribution >= 4 is 17.4 Å². The predicted octanol–water partition coefficient (Wildman–Crippen LogP) is 3.10. The highest BCUT2D eigenvalue weighted by atomic mass is 35.5. The third-order valence-electron chi connectivity index (χ3n) is 2.39. The summed E-state index contributed by atoms with van der Waals surface area (Å²) < 4.78 is 5.52. The molecular formula is C14H12ClN3O. The molecule has 0 saturated carbocycles. The highest BCUT2D eigenvalue weighted by Crippen LogP contribution is 2.17. The van der Waals surface area contributed by atoms with Crippen LogP contribution in [0.1, 0.15) is 5.56 Å². The Morgan fingerprint density at radius 1 is 1.32 bits per heavy atom. The number of ether oxygens (including phenoxy) is 1. The van der Waals surface area contributed by atoms with Crippen LogP contribution >= 0.6 is 11.6 Å². The van der Waals surface area contributed by atoms with E-state index in [1.54, 1.807) is 30.5 Å². The molecule has 19 heavy (non-hydrogen) atoms. The van der Waals surface area contributed by atoms with E-state index in [-0.39, 0.29) is 0 Å². The summed E-state index contributed by atoms with van der Waals surface area (Å²) in [6.45, 7) is 1.01. The number of hydrogen-bond acceptors (Lipinski definition) is 4. The van der Waals surface area contributed by atoms with Gasteiger partial charge >= 0.3 is 0 Å². The van der Waals surface area contributed by atoms with Gasteiger partial charge in [0.15, 0.2) is 0 Å². The molecular weight excluding hydrogens is 262 g/mol. The first kappa shape index (κ1) is 13.2. The van der Waals surface area contributed by atoms with Gasteiger partial charge < -0.3 is 10.1 Å². The normalized spacial score (nSPS) is 9.68. The molecule has 0 amide bonds. The van der Waals surface area contributed by atoms with Gasteiger partial charge in [0.2, 0.25) is 0 Å². The molecule has 4 nitrogen and oxygen atoms in total. The average molecular weight is 274 g/mol. The molecule has 1 N–H and O–H groups in total. The first-order chi connectivity index (χ1) is 9.29. The first-order valence-corrected chi connectivity index (χ1v) is 6.15. The molecule has 1 aromatic carbocycles. The molecule has 96 valence electrons. The second-order valence-corrected chi connectivity index (χ2v) is 4.18. The van der Waals surface area contributed by atoms with Gasteiger partial charge in [-0.2, -0.15) is 5.26 Å². The van der Waals surface area contributed by atoms with Crippen molar-refractivity contribution in [1.82, 2.24) is 4.98 Å². The van der Waals surface area contributed by atoms with Crippen LogP contribution in [0.15, 0.2) is 42.6 Å². The largest absolute Gasteiger partial charge is 0.492 e. The van der Waals surface area contributed by atoms with Crippen molar-refractivity contribution in [3.63, 3.8) is 0 Å². The van der Waals surface area contributed by atoms with E-state index in [1.165, 1.54) is 0 Å². The highest BCUT2D eigenvalue weighted by molar-refractivity contribution is 6.30. The Hall–Kier alpha value is -2.25. The summed E-state index contributed by atoms with van der Waals surface area (Å²) in [5, 5.41) is 12.6. The van der Waals surface area contributed by atoms with Gasteiger partial charge in [-0.1, -0.05) is 17.7 Å². The molecule has 0 aliphatic carbocycles. The Balaban J connectivity index is 1.83. The molecule has 0 radical (unpaired) electrons. The fraction of sp³-hybridized carbons (Fsp3) is 0.143. The number of hydrogen-bond donors (Lipinski definition) is 1. The molecule has 0 aliphatic rings. The van der Waals surface area contributed by atoms with Crippen LogP contribution in [-0.4, -0.2) is 18.1 Å². The molecule has 0 spiro atoms. The van der Waals surface area contributed by atoms with Gasteiger partial charge in [0, 0.05) is 11.2 Å². The molecule has 1 aromatic heterocycles. The maximum atomic E-state index is 8.91. The highest BCUT2D eigenvalue weighted by Gasteiger charge is 2.01. The Morgan fingerprint density at radius 3 is 3.00 bits per heavy atom.